The molecule has 0 bridgehead atoms. The van der Waals surface area contributed by atoms with Gasteiger partial charge in [0.15, 0.2) is 5.78 Å². The van der Waals surface area contributed by atoms with Gasteiger partial charge >= 0.3 is 0 Å². The zero-order valence-corrected chi connectivity index (χ0v) is 23.2. The number of ketones is 1. The van der Waals surface area contributed by atoms with Crippen LogP contribution in [0.2, 0.25) is 0 Å². The molecule has 0 saturated carbocycles. The Bertz CT molecular complexity index is 861. The molecule has 0 radical (unpaired) electrons. The number of amides is 2. The quantitative estimate of drug-likeness (QED) is 0.108. The molecule has 0 fully saturated rings. The Labute approximate surface area is 222 Å². The van der Waals surface area contributed by atoms with E-state index in [0.717, 1.165) is 5.56 Å². The minimum absolute atomic E-state index is 0. The van der Waals surface area contributed by atoms with Crippen molar-refractivity contribution in [3.63, 3.8) is 0 Å². The molecule has 1 aromatic rings. The molecule has 7 N–H and O–H groups in total. The van der Waals surface area contributed by atoms with E-state index in [0.29, 0.717) is 6.42 Å². The van der Waals surface area contributed by atoms with Crippen LogP contribution in [0, 0.1) is 35.0 Å². The first-order valence-electron chi connectivity index (χ1n) is 12.4. The number of nitrogens with two attached hydrogens (primary N) is 2. The maximum absolute atomic E-state index is 14.2. The first-order valence-corrected chi connectivity index (χ1v) is 12.4. The molecule has 1 unspecified atom stereocenters. The standard InChI is InChI=1S/C27H44N4O4.ClH/c1-17(2)14-21(25(33)30-29)23(26(34)31-35)27(16-19(5)6,24(32)22(28)15-18(3)4)13-12-20-10-8-7-9-11-20;/h7-13,17-19,21-23,35H,14-16,28-29H2,1-6H3,(H,30,33)(H,31,34);1H/b13-12+;/t21-,22-,23-,27?;/m1./s1. The van der Waals surface area contributed by atoms with Crippen molar-refractivity contribution in [1.82, 2.24) is 10.9 Å². The van der Waals surface area contributed by atoms with Gasteiger partial charge in [0.2, 0.25) is 11.8 Å². The van der Waals surface area contributed by atoms with Gasteiger partial charge in [0, 0.05) is 0 Å². The van der Waals surface area contributed by atoms with Crippen LogP contribution in [0.3, 0.4) is 0 Å². The molecule has 2 amide bonds. The van der Waals surface area contributed by atoms with E-state index in [1.54, 1.807) is 17.6 Å². The summed E-state index contributed by atoms with van der Waals surface area (Å²) in [5.74, 6) is 1.73. The summed E-state index contributed by atoms with van der Waals surface area (Å²) >= 11 is 0. The molecule has 0 saturated heterocycles. The average molecular weight is 525 g/mol. The van der Waals surface area contributed by atoms with E-state index in [4.69, 9.17) is 11.6 Å². The number of hydrogen-bond acceptors (Lipinski definition) is 6. The highest BCUT2D eigenvalue weighted by Gasteiger charge is 2.53. The van der Waals surface area contributed by atoms with E-state index in [2.05, 4.69) is 5.43 Å². The molecule has 1 aromatic carbocycles. The van der Waals surface area contributed by atoms with E-state index < -0.39 is 35.1 Å². The summed E-state index contributed by atoms with van der Waals surface area (Å²) in [7, 11) is 0. The van der Waals surface area contributed by atoms with Gasteiger partial charge in [0.25, 0.3) is 0 Å². The Morgan fingerprint density at radius 2 is 1.50 bits per heavy atom. The number of Topliss-reactive ketones (excluding diaryl/α,β-unsaturated/α-hetero) is 1. The number of nitrogens with one attached hydrogen (secondary N) is 2. The van der Waals surface area contributed by atoms with Gasteiger partial charge in [0.05, 0.1) is 23.3 Å². The summed E-state index contributed by atoms with van der Waals surface area (Å²) in [4.78, 5) is 40.6. The number of benzene rings is 1. The molecule has 204 valence electrons. The van der Waals surface area contributed by atoms with Crippen molar-refractivity contribution in [2.24, 2.45) is 46.6 Å². The number of carbonyl (C=O) groups is 3. The molecular weight excluding hydrogens is 480 g/mol. The first kappa shape index (κ1) is 33.7. The molecule has 0 aliphatic heterocycles. The van der Waals surface area contributed by atoms with Gasteiger partial charge in [-0.3, -0.25) is 25.0 Å². The number of allylic oxidation sites excluding steroid dienone is 1. The summed E-state index contributed by atoms with van der Waals surface area (Å²) < 4.78 is 0. The number of hydrogen-bond donors (Lipinski definition) is 5. The molecule has 9 heteroatoms. The van der Waals surface area contributed by atoms with Gasteiger partial charge < -0.3 is 5.73 Å². The van der Waals surface area contributed by atoms with Gasteiger partial charge in [-0.25, -0.2) is 11.3 Å². The second-order valence-corrected chi connectivity index (χ2v) is 10.7. The monoisotopic (exact) mass is 524 g/mol. The van der Waals surface area contributed by atoms with Crippen LogP contribution >= 0.6 is 12.4 Å². The van der Waals surface area contributed by atoms with Crippen LogP contribution in [-0.2, 0) is 14.4 Å². The Kier molecular flexibility index (Phi) is 14.8. The Morgan fingerprint density at radius 3 is 1.94 bits per heavy atom. The number of hydrazine groups is 1. The van der Waals surface area contributed by atoms with Gasteiger partial charge in [-0.1, -0.05) is 84.0 Å². The highest BCUT2D eigenvalue weighted by Crippen LogP contribution is 2.45. The fraction of sp³-hybridized carbons (Fsp3) is 0.593. The van der Waals surface area contributed by atoms with E-state index in [1.807, 2.05) is 71.9 Å². The minimum atomic E-state index is -1.46. The van der Waals surface area contributed by atoms with Crippen molar-refractivity contribution in [2.45, 2.75) is 66.8 Å². The number of halogens is 1. The molecule has 36 heavy (non-hydrogen) atoms. The summed E-state index contributed by atoms with van der Waals surface area (Å²) in [6.45, 7) is 11.7. The third-order valence-electron chi connectivity index (χ3n) is 6.19. The molecule has 0 aliphatic rings. The minimum Gasteiger partial charge on any atom is -0.321 e. The van der Waals surface area contributed by atoms with Crippen LogP contribution < -0.4 is 22.5 Å². The maximum Gasteiger partial charge on any atom is 0.248 e. The third kappa shape index (κ3) is 9.32. The molecule has 8 nitrogen and oxygen atoms in total. The molecule has 0 aromatic heterocycles. The number of rotatable bonds is 14. The molecule has 0 aliphatic carbocycles. The van der Waals surface area contributed by atoms with Gasteiger partial charge in [-0.2, -0.15) is 0 Å². The van der Waals surface area contributed by atoms with Crippen molar-refractivity contribution in [1.29, 1.82) is 0 Å². The third-order valence-corrected chi connectivity index (χ3v) is 6.19. The first-order chi connectivity index (χ1) is 16.4. The van der Waals surface area contributed by atoms with E-state index >= 15 is 0 Å². The molecule has 1 rings (SSSR count). The van der Waals surface area contributed by atoms with Crippen molar-refractivity contribution in [3.05, 3.63) is 42.0 Å². The van der Waals surface area contributed by atoms with E-state index in [-0.39, 0.29) is 48.8 Å². The Morgan fingerprint density at radius 1 is 0.944 bits per heavy atom. The number of carbonyl (C=O) groups excluding carboxylic acids is 3. The lowest BCUT2D eigenvalue weighted by Gasteiger charge is -2.42. The van der Waals surface area contributed by atoms with Crippen LogP contribution in [0.1, 0.15) is 66.4 Å². The highest BCUT2D eigenvalue weighted by atomic mass is 35.5. The predicted molar refractivity (Wildman–Crippen MR) is 146 cm³/mol. The van der Waals surface area contributed by atoms with Crippen LogP contribution in [0.4, 0.5) is 0 Å². The van der Waals surface area contributed by atoms with E-state index in [1.165, 1.54) is 0 Å². The molecule has 0 heterocycles. The molecule has 4 atom stereocenters. The van der Waals surface area contributed by atoms with E-state index in [9.17, 15) is 19.6 Å². The lowest BCUT2D eigenvalue weighted by Crippen LogP contribution is -2.57. The van der Waals surface area contributed by atoms with Gasteiger partial charge in [0.1, 0.15) is 0 Å². The summed E-state index contributed by atoms with van der Waals surface area (Å²) in [6, 6.07) is 8.54. The van der Waals surface area contributed by atoms with Crippen molar-refractivity contribution >= 4 is 36.1 Å². The average Bonchev–Trinajstić information content (AvgIpc) is 2.80. The maximum atomic E-state index is 14.2. The largest absolute Gasteiger partial charge is 0.321 e. The SMILES string of the molecule is CC(C)C[C@@H](N)C(=O)C(/C=C/c1ccccc1)(CC(C)C)[C@@H](C(=O)NO)[C@@H](CC(C)C)C(=O)NN.Cl. The lowest BCUT2D eigenvalue weighted by atomic mass is 9.59. The van der Waals surface area contributed by atoms with Gasteiger partial charge in [-0.15, -0.1) is 12.4 Å². The topological polar surface area (TPSA) is 148 Å². The second-order valence-electron chi connectivity index (χ2n) is 10.7. The summed E-state index contributed by atoms with van der Waals surface area (Å²) in [5.41, 5.74) is 9.69. The zero-order valence-electron chi connectivity index (χ0n) is 22.4. The van der Waals surface area contributed by atoms with Crippen LogP contribution in [0.25, 0.3) is 6.08 Å². The Balaban J connectivity index is 0.0000122. The predicted octanol–water partition coefficient (Wildman–Crippen LogP) is 3.87. The smallest absolute Gasteiger partial charge is 0.248 e. The molecule has 0 spiro atoms. The zero-order chi connectivity index (χ0) is 26.8. The summed E-state index contributed by atoms with van der Waals surface area (Å²) in [6.07, 6.45) is 4.45. The summed E-state index contributed by atoms with van der Waals surface area (Å²) in [5, 5.41) is 9.76. The van der Waals surface area contributed by atoms with Crippen molar-refractivity contribution in [3.8, 4) is 0 Å². The second kappa shape index (κ2) is 15.8. The van der Waals surface area contributed by atoms with Crippen LogP contribution in [-0.4, -0.2) is 28.8 Å². The van der Waals surface area contributed by atoms with Crippen LogP contribution in [0.15, 0.2) is 36.4 Å². The normalized spacial score (nSPS) is 15.8. The van der Waals surface area contributed by atoms with Gasteiger partial charge in [-0.05, 0) is 42.6 Å². The fourth-order valence-electron chi connectivity index (χ4n) is 4.93. The fourth-order valence-corrected chi connectivity index (χ4v) is 4.93. The van der Waals surface area contributed by atoms with Crippen LogP contribution in [0.5, 0.6) is 0 Å². The number of hydroxylamine groups is 1. The Hall–Kier alpha value is -2.26. The lowest BCUT2D eigenvalue weighted by molar-refractivity contribution is -0.151. The van der Waals surface area contributed by atoms with Crippen molar-refractivity contribution in [2.75, 3.05) is 0 Å². The molecular formula is C27H45ClN4O4. The highest BCUT2D eigenvalue weighted by molar-refractivity contribution is 5.99. The van der Waals surface area contributed by atoms with Crippen molar-refractivity contribution < 1.29 is 19.6 Å².